The zero-order chi connectivity index (χ0) is 25.3. The Morgan fingerprint density at radius 1 is 0.824 bits per heavy atom. The average molecular weight is 469 g/mol. The molecule has 2 aromatic carbocycles. The number of ketones is 2. The molecule has 2 rings (SSSR count). The van der Waals surface area contributed by atoms with Crippen LogP contribution in [-0.4, -0.2) is 53.3 Å². The Morgan fingerprint density at radius 3 is 2.12 bits per heavy atom. The lowest BCUT2D eigenvalue weighted by atomic mass is 9.86. The first-order valence-electron chi connectivity index (χ1n) is 10.9. The molecule has 0 radical (unpaired) electrons. The first-order chi connectivity index (χ1) is 16.1. The summed E-state index contributed by atoms with van der Waals surface area (Å²) >= 11 is 0. The number of aliphatic carboxylic acids is 1. The SMILES string of the molecule is NC(N)=NCCCC(N)C(=O)c1c(CC(N)C(=O)O)cccc1C(=O)C(N)Cc1ccccc1. The van der Waals surface area contributed by atoms with Gasteiger partial charge >= 0.3 is 5.97 Å². The molecule has 10 heteroatoms. The normalized spacial score (nSPS) is 13.5. The lowest BCUT2D eigenvalue weighted by Crippen LogP contribution is -2.38. The fourth-order valence-electron chi connectivity index (χ4n) is 3.59. The number of benzene rings is 2. The monoisotopic (exact) mass is 468 g/mol. The lowest BCUT2D eigenvalue weighted by molar-refractivity contribution is -0.138. The summed E-state index contributed by atoms with van der Waals surface area (Å²) in [5.41, 5.74) is 30.0. The Labute approximate surface area is 198 Å². The summed E-state index contributed by atoms with van der Waals surface area (Å²) < 4.78 is 0. The van der Waals surface area contributed by atoms with Crippen LogP contribution in [0.1, 0.15) is 44.7 Å². The van der Waals surface area contributed by atoms with Crippen molar-refractivity contribution in [3.05, 3.63) is 70.8 Å². The summed E-state index contributed by atoms with van der Waals surface area (Å²) in [5, 5.41) is 9.25. The van der Waals surface area contributed by atoms with Gasteiger partial charge in [0.1, 0.15) is 6.04 Å². The molecule has 0 saturated heterocycles. The Kier molecular flexibility index (Phi) is 9.87. The molecule has 0 spiro atoms. The second-order valence-electron chi connectivity index (χ2n) is 8.07. The third-order valence-corrected chi connectivity index (χ3v) is 5.36. The van der Waals surface area contributed by atoms with Crippen molar-refractivity contribution in [1.82, 2.24) is 0 Å². The maximum Gasteiger partial charge on any atom is 0.320 e. The van der Waals surface area contributed by atoms with Crippen LogP contribution in [0.25, 0.3) is 0 Å². The highest BCUT2D eigenvalue weighted by Crippen LogP contribution is 2.22. The van der Waals surface area contributed by atoms with Crippen LogP contribution >= 0.6 is 0 Å². The summed E-state index contributed by atoms with van der Waals surface area (Å²) in [6.07, 6.45) is 0.833. The predicted molar refractivity (Wildman–Crippen MR) is 130 cm³/mol. The predicted octanol–water partition coefficient (Wildman–Crippen LogP) is -0.0427. The second-order valence-corrected chi connectivity index (χ2v) is 8.07. The molecule has 11 N–H and O–H groups in total. The number of rotatable bonds is 13. The van der Waals surface area contributed by atoms with Gasteiger partial charge in [0.2, 0.25) is 0 Å². The van der Waals surface area contributed by atoms with E-state index < -0.39 is 35.7 Å². The minimum Gasteiger partial charge on any atom is -0.480 e. The molecule has 0 aliphatic heterocycles. The van der Waals surface area contributed by atoms with Crippen molar-refractivity contribution in [3.8, 4) is 0 Å². The van der Waals surface area contributed by atoms with Crippen LogP contribution in [0.4, 0.5) is 0 Å². The minimum atomic E-state index is -1.26. The standard InChI is InChI=1S/C24H32N6O4/c25-17(10-5-11-30-24(28)29)22(32)20-15(13-19(27)23(33)34)8-4-9-16(20)21(31)18(26)12-14-6-2-1-3-7-14/h1-4,6-9,17-19H,5,10-13,25-27H2,(H,33,34)(H4,28,29,30). The molecule has 0 aliphatic carbocycles. The van der Waals surface area contributed by atoms with Crippen LogP contribution in [-0.2, 0) is 17.6 Å². The van der Waals surface area contributed by atoms with E-state index in [0.717, 1.165) is 5.56 Å². The number of aliphatic imine (C=N–C) groups is 1. The number of carbonyl (C=O) groups is 3. The molecule has 0 aliphatic rings. The van der Waals surface area contributed by atoms with Gasteiger partial charge in [-0.1, -0.05) is 48.5 Å². The molecule has 0 bridgehead atoms. The van der Waals surface area contributed by atoms with E-state index in [1.54, 1.807) is 12.1 Å². The summed E-state index contributed by atoms with van der Waals surface area (Å²) in [7, 11) is 0. The van der Waals surface area contributed by atoms with Gasteiger partial charge in [-0.3, -0.25) is 19.4 Å². The highest BCUT2D eigenvalue weighted by atomic mass is 16.4. The smallest absolute Gasteiger partial charge is 0.320 e. The number of carbonyl (C=O) groups excluding carboxylic acids is 2. The van der Waals surface area contributed by atoms with E-state index in [1.165, 1.54) is 6.07 Å². The number of nitrogens with zero attached hydrogens (tertiary/aromatic N) is 1. The molecule has 0 amide bonds. The van der Waals surface area contributed by atoms with Gasteiger partial charge in [0, 0.05) is 17.7 Å². The molecule has 10 nitrogen and oxygen atoms in total. The lowest BCUT2D eigenvalue weighted by Gasteiger charge is -2.20. The van der Waals surface area contributed by atoms with E-state index >= 15 is 0 Å². The molecule has 3 unspecified atom stereocenters. The van der Waals surface area contributed by atoms with Gasteiger partial charge in [-0.15, -0.1) is 0 Å². The van der Waals surface area contributed by atoms with Gasteiger partial charge in [-0.05, 0) is 36.8 Å². The summed E-state index contributed by atoms with van der Waals surface area (Å²) in [5.74, 6) is -2.22. The quantitative estimate of drug-likeness (QED) is 0.100. The Bertz CT molecular complexity index is 1040. The Balaban J connectivity index is 2.37. The van der Waals surface area contributed by atoms with Crippen LogP contribution in [0.15, 0.2) is 53.5 Å². The number of hydrogen-bond acceptors (Lipinski definition) is 7. The molecule has 0 saturated carbocycles. The van der Waals surface area contributed by atoms with Gasteiger partial charge in [0.15, 0.2) is 17.5 Å². The van der Waals surface area contributed by atoms with Crippen LogP contribution < -0.4 is 28.7 Å². The van der Waals surface area contributed by atoms with Crippen molar-refractivity contribution >= 4 is 23.5 Å². The van der Waals surface area contributed by atoms with Gasteiger partial charge < -0.3 is 33.8 Å². The van der Waals surface area contributed by atoms with Crippen molar-refractivity contribution in [2.24, 2.45) is 33.7 Å². The largest absolute Gasteiger partial charge is 0.480 e. The van der Waals surface area contributed by atoms with Crippen LogP contribution in [0.5, 0.6) is 0 Å². The van der Waals surface area contributed by atoms with Crippen molar-refractivity contribution in [3.63, 3.8) is 0 Å². The van der Waals surface area contributed by atoms with E-state index in [4.69, 9.17) is 28.7 Å². The number of guanidine groups is 1. The third-order valence-electron chi connectivity index (χ3n) is 5.36. The van der Waals surface area contributed by atoms with Crippen LogP contribution in [0, 0.1) is 0 Å². The minimum absolute atomic E-state index is 0.0575. The highest BCUT2D eigenvalue weighted by molar-refractivity contribution is 6.13. The molecule has 0 heterocycles. The zero-order valence-electron chi connectivity index (χ0n) is 18.9. The fourth-order valence-corrected chi connectivity index (χ4v) is 3.59. The molecular formula is C24H32N6O4. The molecule has 0 fully saturated rings. The van der Waals surface area contributed by atoms with E-state index in [9.17, 15) is 19.5 Å². The first-order valence-corrected chi connectivity index (χ1v) is 10.9. The number of nitrogens with two attached hydrogens (primary N) is 5. The van der Waals surface area contributed by atoms with Crippen molar-refractivity contribution < 1.29 is 19.5 Å². The molecule has 3 atom stereocenters. The van der Waals surface area contributed by atoms with Gasteiger partial charge in [0.25, 0.3) is 0 Å². The fraction of sp³-hybridized carbons (Fsp3) is 0.333. The number of hydrogen-bond donors (Lipinski definition) is 6. The molecule has 34 heavy (non-hydrogen) atoms. The zero-order valence-corrected chi connectivity index (χ0v) is 18.9. The summed E-state index contributed by atoms with van der Waals surface area (Å²) in [6, 6.07) is 10.8. The highest BCUT2D eigenvalue weighted by Gasteiger charge is 2.28. The number of carboxylic acid groups (broad SMARTS) is 1. The topological polar surface area (TPSA) is 214 Å². The molecular weight excluding hydrogens is 436 g/mol. The van der Waals surface area contributed by atoms with Gasteiger partial charge in [-0.25, -0.2) is 0 Å². The van der Waals surface area contributed by atoms with Gasteiger partial charge in [-0.2, -0.15) is 0 Å². The van der Waals surface area contributed by atoms with E-state index in [2.05, 4.69) is 4.99 Å². The molecule has 0 aromatic heterocycles. The summed E-state index contributed by atoms with van der Waals surface area (Å²) in [4.78, 5) is 41.8. The maximum atomic E-state index is 13.4. The van der Waals surface area contributed by atoms with Crippen molar-refractivity contribution in [2.75, 3.05) is 6.54 Å². The molecule has 2 aromatic rings. The average Bonchev–Trinajstić information content (AvgIpc) is 2.81. The van der Waals surface area contributed by atoms with Crippen molar-refractivity contribution in [2.45, 2.75) is 43.8 Å². The third kappa shape index (κ3) is 7.48. The number of Topliss-reactive ketones (excluding diaryl/α,β-unsaturated/α-hetero) is 2. The second kappa shape index (κ2) is 12.6. The van der Waals surface area contributed by atoms with E-state index in [0.29, 0.717) is 18.5 Å². The van der Waals surface area contributed by atoms with Gasteiger partial charge in [0.05, 0.1) is 12.1 Å². The van der Waals surface area contributed by atoms with Crippen LogP contribution in [0.2, 0.25) is 0 Å². The van der Waals surface area contributed by atoms with Crippen LogP contribution in [0.3, 0.4) is 0 Å². The van der Waals surface area contributed by atoms with Crippen molar-refractivity contribution in [1.29, 1.82) is 0 Å². The first kappa shape index (κ1) is 26.7. The van der Waals surface area contributed by atoms with E-state index in [-0.39, 0.29) is 36.3 Å². The maximum absolute atomic E-state index is 13.4. The van der Waals surface area contributed by atoms with E-state index in [1.807, 2.05) is 30.3 Å². The Morgan fingerprint density at radius 2 is 1.50 bits per heavy atom. The number of carboxylic acids is 1. The summed E-state index contributed by atoms with van der Waals surface area (Å²) in [6.45, 7) is 0.294. The Hall–Kier alpha value is -3.60. The molecule has 182 valence electrons.